The van der Waals surface area contributed by atoms with E-state index in [0.717, 1.165) is 5.57 Å². The number of halogens is 3. The van der Waals surface area contributed by atoms with E-state index in [1.165, 1.54) is 6.07 Å². The third-order valence-electron chi connectivity index (χ3n) is 4.92. The van der Waals surface area contributed by atoms with Crippen LogP contribution in [0.4, 0.5) is 8.78 Å². The molecule has 7 heteroatoms. The van der Waals surface area contributed by atoms with Crippen molar-refractivity contribution >= 4 is 23.1 Å². The van der Waals surface area contributed by atoms with Crippen molar-refractivity contribution in [2.75, 3.05) is 7.05 Å². The molecule has 2 atom stereocenters. The number of hydrogen-bond donors (Lipinski definition) is 0. The van der Waals surface area contributed by atoms with Gasteiger partial charge in [0.05, 0.1) is 11.7 Å². The van der Waals surface area contributed by atoms with Crippen LogP contribution in [0.25, 0.3) is 5.57 Å². The van der Waals surface area contributed by atoms with Crippen molar-refractivity contribution < 1.29 is 18.3 Å². The zero-order valence-electron chi connectivity index (χ0n) is 13.8. The smallest absolute Gasteiger partial charge is 0.387 e. The Morgan fingerprint density at radius 3 is 2.88 bits per heavy atom. The minimum absolute atomic E-state index is 0.0275. The molecule has 0 N–H and O–H groups in total. The van der Waals surface area contributed by atoms with Crippen LogP contribution in [0, 0.1) is 0 Å². The predicted molar refractivity (Wildman–Crippen MR) is 93.5 cm³/mol. The van der Waals surface area contributed by atoms with E-state index in [1.807, 2.05) is 6.08 Å². The summed E-state index contributed by atoms with van der Waals surface area (Å²) >= 11 is 6.09. The minimum Gasteiger partial charge on any atom is -0.434 e. The number of ether oxygens (including phenoxy) is 1. The number of alkyl halides is 2. The first-order chi connectivity index (χ1) is 12.5. The molecular formula is C19H15ClF2N2O2. The molecule has 0 saturated carbocycles. The lowest BCUT2D eigenvalue weighted by Crippen LogP contribution is -2.33. The number of carbonyl (C=O) groups excluding carboxylic acids is 1. The summed E-state index contributed by atoms with van der Waals surface area (Å²) < 4.78 is 30.6. The number of amides is 1. The van der Waals surface area contributed by atoms with Crippen molar-refractivity contribution in [1.82, 2.24) is 9.88 Å². The first-order valence-electron chi connectivity index (χ1n) is 8.14. The van der Waals surface area contributed by atoms with Crippen LogP contribution in [-0.2, 0) is 0 Å². The molecule has 2 heterocycles. The van der Waals surface area contributed by atoms with E-state index in [0.29, 0.717) is 28.3 Å². The van der Waals surface area contributed by atoms with Crippen LogP contribution >= 0.6 is 11.6 Å². The van der Waals surface area contributed by atoms with Gasteiger partial charge in [-0.05, 0) is 36.3 Å². The molecule has 0 radical (unpaired) electrons. The van der Waals surface area contributed by atoms with E-state index < -0.39 is 6.61 Å². The van der Waals surface area contributed by atoms with Crippen LogP contribution in [-0.4, -0.2) is 35.5 Å². The third kappa shape index (κ3) is 2.74. The van der Waals surface area contributed by atoms with Crippen LogP contribution < -0.4 is 4.74 Å². The van der Waals surface area contributed by atoms with E-state index in [2.05, 4.69) is 4.98 Å². The SMILES string of the molecule is CN1C(=O)c2cccc(OC(F)F)c2[C@H]2C[C@@H]1C=C2c1cc(Cl)ccn1. The molecule has 4 rings (SSSR count). The monoisotopic (exact) mass is 376 g/mol. The van der Waals surface area contributed by atoms with Crippen LogP contribution in [0.15, 0.2) is 42.6 Å². The highest BCUT2D eigenvalue weighted by molar-refractivity contribution is 6.30. The lowest BCUT2D eigenvalue weighted by Gasteiger charge is -2.23. The van der Waals surface area contributed by atoms with Gasteiger partial charge < -0.3 is 9.64 Å². The van der Waals surface area contributed by atoms with Gasteiger partial charge in [0.2, 0.25) is 0 Å². The lowest BCUT2D eigenvalue weighted by atomic mass is 9.87. The summed E-state index contributed by atoms with van der Waals surface area (Å²) in [5, 5.41) is 0.539. The van der Waals surface area contributed by atoms with Gasteiger partial charge in [0, 0.05) is 35.3 Å². The fraction of sp³-hybridized carbons (Fsp3) is 0.263. The Bertz CT molecular complexity index is 916. The first-order valence-corrected chi connectivity index (χ1v) is 8.52. The van der Waals surface area contributed by atoms with Crippen LogP contribution in [0.2, 0.25) is 5.02 Å². The Morgan fingerprint density at radius 2 is 2.15 bits per heavy atom. The van der Waals surface area contributed by atoms with Gasteiger partial charge >= 0.3 is 6.61 Å². The van der Waals surface area contributed by atoms with Crippen LogP contribution in [0.3, 0.4) is 0 Å². The Morgan fingerprint density at radius 1 is 1.35 bits per heavy atom. The second-order valence-electron chi connectivity index (χ2n) is 6.35. The maximum Gasteiger partial charge on any atom is 0.387 e. The maximum atomic E-state index is 12.9. The molecule has 1 aliphatic carbocycles. The van der Waals surface area contributed by atoms with Crippen molar-refractivity contribution in [3.63, 3.8) is 0 Å². The van der Waals surface area contributed by atoms with Crippen molar-refractivity contribution in [3.05, 3.63) is 64.4 Å². The quantitative estimate of drug-likeness (QED) is 0.799. The summed E-state index contributed by atoms with van der Waals surface area (Å²) in [6.45, 7) is -2.97. The molecule has 1 amide bonds. The van der Waals surface area contributed by atoms with Gasteiger partial charge in [-0.15, -0.1) is 0 Å². The van der Waals surface area contributed by atoms with Crippen LogP contribution in [0.1, 0.15) is 34.0 Å². The van der Waals surface area contributed by atoms with Gasteiger partial charge in [-0.1, -0.05) is 23.7 Å². The number of allylic oxidation sites excluding steroid dienone is 1. The average molecular weight is 377 g/mol. The Hall–Kier alpha value is -2.47. The molecule has 0 saturated heterocycles. The highest BCUT2D eigenvalue weighted by Gasteiger charge is 2.40. The van der Waals surface area contributed by atoms with Gasteiger partial charge in [-0.3, -0.25) is 9.78 Å². The van der Waals surface area contributed by atoms with Gasteiger partial charge in [-0.25, -0.2) is 0 Å². The van der Waals surface area contributed by atoms with Gasteiger partial charge in [0.25, 0.3) is 5.91 Å². The fourth-order valence-electron chi connectivity index (χ4n) is 3.76. The molecule has 1 aromatic heterocycles. The minimum atomic E-state index is -2.97. The van der Waals surface area contributed by atoms with E-state index in [9.17, 15) is 13.6 Å². The molecule has 0 unspecified atom stereocenters. The number of aromatic nitrogens is 1. The van der Waals surface area contributed by atoms with Gasteiger partial charge in [0.15, 0.2) is 0 Å². The van der Waals surface area contributed by atoms with Crippen molar-refractivity contribution in [1.29, 1.82) is 0 Å². The standard InChI is InChI=1S/C19H15ClF2N2O2/c1-24-11-8-13(15-7-10(20)5-6-23-15)14(9-11)17-12(18(24)25)3-2-4-16(17)26-19(21)22/h2-8,11,14,19H,9H2,1H3/t11-,14-/m0/s1. The summed E-state index contributed by atoms with van der Waals surface area (Å²) in [6, 6.07) is 7.95. The molecule has 2 aromatic rings. The Kier molecular flexibility index (Phi) is 4.15. The number of nitrogens with zero attached hydrogens (tertiary/aromatic N) is 2. The molecule has 1 aromatic carbocycles. The number of pyridine rings is 1. The zero-order valence-corrected chi connectivity index (χ0v) is 14.6. The molecule has 2 bridgehead atoms. The molecule has 1 aliphatic heterocycles. The summed E-state index contributed by atoms with van der Waals surface area (Å²) in [6.07, 6.45) is 4.15. The molecule has 2 aliphatic rings. The second kappa shape index (κ2) is 6.36. The number of hydrogen-bond acceptors (Lipinski definition) is 3. The van der Waals surface area contributed by atoms with E-state index in [1.54, 1.807) is 42.4 Å². The lowest BCUT2D eigenvalue weighted by molar-refractivity contribution is -0.0505. The van der Waals surface area contributed by atoms with Crippen molar-refractivity contribution in [3.8, 4) is 5.75 Å². The van der Waals surface area contributed by atoms with E-state index in [-0.39, 0.29) is 23.6 Å². The second-order valence-corrected chi connectivity index (χ2v) is 6.79. The largest absolute Gasteiger partial charge is 0.434 e. The molecule has 26 heavy (non-hydrogen) atoms. The van der Waals surface area contributed by atoms with Gasteiger partial charge in [0.1, 0.15) is 5.75 Å². The number of fused-ring (bicyclic) bond motifs is 4. The summed E-state index contributed by atoms with van der Waals surface area (Å²) in [4.78, 5) is 18.8. The maximum absolute atomic E-state index is 12.9. The zero-order chi connectivity index (χ0) is 18.4. The number of rotatable bonds is 3. The normalized spacial score (nSPS) is 21.5. The Labute approximate surface area is 154 Å². The first kappa shape index (κ1) is 17.0. The van der Waals surface area contributed by atoms with Crippen LogP contribution in [0.5, 0.6) is 5.75 Å². The number of likely N-dealkylation sites (N-methyl/N-ethyl adjacent to an activating group) is 1. The average Bonchev–Trinajstić information content (AvgIpc) is 3.00. The number of carbonyl (C=O) groups is 1. The number of benzene rings is 1. The topological polar surface area (TPSA) is 42.4 Å². The fourth-order valence-corrected chi connectivity index (χ4v) is 3.92. The summed E-state index contributed by atoms with van der Waals surface area (Å²) in [7, 11) is 1.71. The van der Waals surface area contributed by atoms with Gasteiger partial charge in [-0.2, -0.15) is 8.78 Å². The molecule has 0 spiro atoms. The molecule has 134 valence electrons. The Balaban J connectivity index is 1.90. The van der Waals surface area contributed by atoms with E-state index >= 15 is 0 Å². The summed E-state index contributed by atoms with van der Waals surface area (Å²) in [5.74, 6) is -0.453. The molecular weight excluding hydrogens is 362 g/mol. The third-order valence-corrected chi connectivity index (χ3v) is 5.16. The van der Waals surface area contributed by atoms with Crippen molar-refractivity contribution in [2.45, 2.75) is 25.0 Å². The summed E-state index contributed by atoms with van der Waals surface area (Å²) in [5.41, 5.74) is 2.40. The highest BCUT2D eigenvalue weighted by atomic mass is 35.5. The van der Waals surface area contributed by atoms with E-state index in [4.69, 9.17) is 16.3 Å². The highest BCUT2D eigenvalue weighted by Crippen LogP contribution is 2.49. The molecule has 4 nitrogen and oxygen atoms in total. The molecule has 0 fully saturated rings. The predicted octanol–water partition coefficient (Wildman–Crippen LogP) is 4.36. The van der Waals surface area contributed by atoms with Crippen molar-refractivity contribution in [2.24, 2.45) is 0 Å².